The van der Waals surface area contributed by atoms with E-state index in [9.17, 15) is 4.79 Å². The standard InChI is InChI=1S/C17H24N2OS/c1-12(2)8-10-19(14-6-7-14)17(20)16-11-13(3)15(21-16)5-4-9-18/h11-12,14H,6-10,18H2,1-3H3. The minimum atomic E-state index is 0.173. The van der Waals surface area contributed by atoms with Gasteiger partial charge in [0.1, 0.15) is 0 Å². The third kappa shape index (κ3) is 4.33. The monoisotopic (exact) mass is 304 g/mol. The van der Waals surface area contributed by atoms with E-state index < -0.39 is 0 Å². The number of nitrogens with two attached hydrogens (primary N) is 1. The van der Waals surface area contributed by atoms with E-state index in [1.54, 1.807) is 0 Å². The smallest absolute Gasteiger partial charge is 0.264 e. The largest absolute Gasteiger partial charge is 0.335 e. The molecule has 0 aliphatic heterocycles. The topological polar surface area (TPSA) is 46.3 Å². The van der Waals surface area contributed by atoms with Gasteiger partial charge in [-0.15, -0.1) is 11.3 Å². The van der Waals surface area contributed by atoms with E-state index in [4.69, 9.17) is 5.73 Å². The molecule has 3 nitrogen and oxygen atoms in total. The number of thiophene rings is 1. The van der Waals surface area contributed by atoms with Crippen LogP contribution in [0.3, 0.4) is 0 Å². The van der Waals surface area contributed by atoms with Crippen molar-refractivity contribution >= 4 is 17.2 Å². The Morgan fingerprint density at radius 1 is 1.52 bits per heavy atom. The Hall–Kier alpha value is -1.31. The van der Waals surface area contributed by atoms with Crippen LogP contribution in [0.5, 0.6) is 0 Å². The molecule has 0 radical (unpaired) electrons. The molecule has 4 heteroatoms. The summed E-state index contributed by atoms with van der Waals surface area (Å²) in [5.74, 6) is 6.71. The van der Waals surface area contributed by atoms with Crippen molar-refractivity contribution in [2.24, 2.45) is 11.7 Å². The van der Waals surface area contributed by atoms with Crippen molar-refractivity contribution in [3.05, 3.63) is 21.4 Å². The zero-order valence-corrected chi connectivity index (χ0v) is 13.9. The summed E-state index contributed by atoms with van der Waals surface area (Å²) in [5, 5.41) is 0. The average molecular weight is 304 g/mol. The molecule has 0 aromatic carbocycles. The minimum absolute atomic E-state index is 0.173. The van der Waals surface area contributed by atoms with E-state index >= 15 is 0 Å². The predicted octanol–water partition coefficient (Wildman–Crippen LogP) is 3.02. The van der Waals surface area contributed by atoms with Gasteiger partial charge in [-0.2, -0.15) is 0 Å². The minimum Gasteiger partial charge on any atom is -0.335 e. The van der Waals surface area contributed by atoms with Gasteiger partial charge < -0.3 is 10.6 Å². The molecule has 1 amide bonds. The van der Waals surface area contributed by atoms with Crippen molar-refractivity contribution in [3.8, 4) is 11.8 Å². The molecular formula is C17H24N2OS. The molecule has 1 aromatic rings. The number of carbonyl (C=O) groups excluding carboxylic acids is 1. The molecule has 1 aromatic heterocycles. The summed E-state index contributed by atoms with van der Waals surface area (Å²) in [6, 6.07) is 2.43. The molecule has 2 N–H and O–H groups in total. The number of aryl methyl sites for hydroxylation is 1. The lowest BCUT2D eigenvalue weighted by Gasteiger charge is -2.22. The SMILES string of the molecule is Cc1cc(C(=O)N(CCC(C)C)C2CC2)sc1C#CCN. The van der Waals surface area contributed by atoms with Crippen LogP contribution in [0.4, 0.5) is 0 Å². The average Bonchev–Trinajstić information content (AvgIpc) is 3.20. The fourth-order valence-electron chi connectivity index (χ4n) is 2.22. The summed E-state index contributed by atoms with van der Waals surface area (Å²) in [5.41, 5.74) is 6.49. The van der Waals surface area contributed by atoms with Crippen molar-refractivity contribution < 1.29 is 4.79 Å². The van der Waals surface area contributed by atoms with Crippen molar-refractivity contribution in [1.29, 1.82) is 0 Å². The molecule has 1 fully saturated rings. The van der Waals surface area contributed by atoms with E-state index in [0.29, 0.717) is 18.5 Å². The molecule has 0 spiro atoms. The fourth-order valence-corrected chi connectivity index (χ4v) is 3.22. The lowest BCUT2D eigenvalue weighted by Crippen LogP contribution is -2.34. The number of rotatable bonds is 5. The van der Waals surface area contributed by atoms with Gasteiger partial charge in [0.15, 0.2) is 0 Å². The highest BCUT2D eigenvalue weighted by Crippen LogP contribution is 2.31. The number of hydrogen-bond acceptors (Lipinski definition) is 3. The molecule has 21 heavy (non-hydrogen) atoms. The Morgan fingerprint density at radius 2 is 2.24 bits per heavy atom. The Balaban J connectivity index is 2.13. The summed E-state index contributed by atoms with van der Waals surface area (Å²) in [4.78, 5) is 16.6. The number of carbonyl (C=O) groups is 1. The van der Waals surface area contributed by atoms with Gasteiger partial charge in [-0.25, -0.2) is 0 Å². The van der Waals surface area contributed by atoms with Crippen LogP contribution >= 0.6 is 11.3 Å². The normalized spacial score (nSPS) is 14.0. The molecule has 2 rings (SSSR count). The summed E-state index contributed by atoms with van der Waals surface area (Å²) in [7, 11) is 0. The first kappa shape index (κ1) is 16.1. The van der Waals surface area contributed by atoms with Crippen molar-refractivity contribution in [2.45, 2.75) is 46.1 Å². The molecule has 0 bridgehead atoms. The zero-order chi connectivity index (χ0) is 15.4. The van der Waals surface area contributed by atoms with E-state index in [1.165, 1.54) is 11.3 Å². The fraction of sp³-hybridized carbons (Fsp3) is 0.588. The van der Waals surface area contributed by atoms with Gasteiger partial charge >= 0.3 is 0 Å². The molecule has 0 saturated heterocycles. The molecule has 0 atom stereocenters. The lowest BCUT2D eigenvalue weighted by molar-refractivity contribution is 0.0740. The van der Waals surface area contributed by atoms with Crippen molar-refractivity contribution in [1.82, 2.24) is 4.90 Å². The third-order valence-corrected chi connectivity index (χ3v) is 4.77. The molecule has 0 unspecified atom stereocenters. The molecule has 1 heterocycles. The molecular weight excluding hydrogens is 280 g/mol. The summed E-state index contributed by atoms with van der Waals surface area (Å²) >= 11 is 1.49. The van der Waals surface area contributed by atoms with Crippen LogP contribution in [0, 0.1) is 24.7 Å². The van der Waals surface area contributed by atoms with E-state index in [-0.39, 0.29) is 5.91 Å². The lowest BCUT2D eigenvalue weighted by atomic mass is 10.1. The van der Waals surface area contributed by atoms with Crippen molar-refractivity contribution in [2.75, 3.05) is 13.1 Å². The second kappa shape index (κ2) is 7.11. The Kier molecular flexibility index (Phi) is 5.44. The summed E-state index contributed by atoms with van der Waals surface area (Å²) < 4.78 is 0. The summed E-state index contributed by atoms with van der Waals surface area (Å²) in [6.07, 6.45) is 3.36. The predicted molar refractivity (Wildman–Crippen MR) is 88.5 cm³/mol. The van der Waals surface area contributed by atoms with Crippen LogP contribution in [0.2, 0.25) is 0 Å². The zero-order valence-electron chi connectivity index (χ0n) is 13.1. The van der Waals surface area contributed by atoms with Crippen LogP contribution < -0.4 is 5.73 Å². The molecule has 1 aliphatic carbocycles. The Labute approximate surface area is 131 Å². The summed E-state index contributed by atoms with van der Waals surface area (Å²) in [6.45, 7) is 7.62. The Bertz CT molecular complexity index is 561. The first-order valence-corrected chi connectivity index (χ1v) is 8.45. The van der Waals surface area contributed by atoms with Gasteiger partial charge in [0, 0.05) is 12.6 Å². The van der Waals surface area contributed by atoms with Gasteiger partial charge in [-0.05, 0) is 43.7 Å². The van der Waals surface area contributed by atoms with Crippen LogP contribution in [0.25, 0.3) is 0 Å². The van der Waals surface area contributed by atoms with E-state index in [1.807, 2.05) is 13.0 Å². The molecule has 114 valence electrons. The number of hydrogen-bond donors (Lipinski definition) is 1. The molecule has 1 aliphatic rings. The number of amides is 1. The van der Waals surface area contributed by atoms with Crippen LogP contribution in [-0.2, 0) is 0 Å². The number of nitrogens with zero attached hydrogens (tertiary/aromatic N) is 1. The second-order valence-electron chi connectivity index (χ2n) is 6.04. The highest BCUT2D eigenvalue weighted by atomic mass is 32.1. The van der Waals surface area contributed by atoms with Crippen LogP contribution in [-0.4, -0.2) is 29.9 Å². The van der Waals surface area contributed by atoms with E-state index in [0.717, 1.165) is 41.1 Å². The first-order valence-electron chi connectivity index (χ1n) is 7.63. The van der Waals surface area contributed by atoms with Crippen molar-refractivity contribution in [3.63, 3.8) is 0 Å². The highest BCUT2D eigenvalue weighted by molar-refractivity contribution is 7.14. The van der Waals surface area contributed by atoms with Gasteiger partial charge in [0.2, 0.25) is 0 Å². The Morgan fingerprint density at radius 3 is 2.81 bits per heavy atom. The van der Waals surface area contributed by atoms with Gasteiger partial charge in [0.05, 0.1) is 16.3 Å². The maximum atomic E-state index is 12.7. The van der Waals surface area contributed by atoms with Crippen LogP contribution in [0.15, 0.2) is 6.07 Å². The first-order chi connectivity index (χ1) is 10.0. The molecule has 1 saturated carbocycles. The second-order valence-corrected chi connectivity index (χ2v) is 7.09. The quantitative estimate of drug-likeness (QED) is 0.850. The third-order valence-electron chi connectivity index (χ3n) is 3.63. The van der Waals surface area contributed by atoms with E-state index in [2.05, 4.69) is 30.6 Å². The highest BCUT2D eigenvalue weighted by Gasteiger charge is 2.33. The maximum Gasteiger partial charge on any atom is 0.264 e. The van der Waals surface area contributed by atoms with Gasteiger partial charge in [-0.3, -0.25) is 4.79 Å². The van der Waals surface area contributed by atoms with Gasteiger partial charge in [0.25, 0.3) is 5.91 Å². The maximum absolute atomic E-state index is 12.7. The van der Waals surface area contributed by atoms with Crippen LogP contribution in [0.1, 0.15) is 53.2 Å². The van der Waals surface area contributed by atoms with Gasteiger partial charge in [-0.1, -0.05) is 25.7 Å².